The SMILES string of the molecule is CCCCC/C=C\C[C@@H](O)/C=C/C=C\C/C=C\CCCC(=O)OC[C@H](COP(=O)(O)O)OC(=O)CCCCCCCCCCC(C)C. The lowest BCUT2D eigenvalue weighted by Gasteiger charge is -2.18. The predicted molar refractivity (Wildman–Crippen MR) is 190 cm³/mol. The highest BCUT2D eigenvalue weighted by Gasteiger charge is 2.22. The third-order valence-corrected chi connectivity index (χ3v) is 7.84. The fraction of sp³-hybridized carbons (Fsp3) is 0.730. The molecule has 0 saturated carbocycles. The minimum Gasteiger partial charge on any atom is -0.462 e. The first kappa shape index (κ1) is 45.0. The zero-order chi connectivity index (χ0) is 35.0. The number of rotatable bonds is 31. The van der Waals surface area contributed by atoms with E-state index >= 15 is 0 Å². The molecule has 2 atom stereocenters. The molecule has 0 aromatic rings. The molecular weight excluding hydrogens is 619 g/mol. The second kappa shape index (κ2) is 31.3. The summed E-state index contributed by atoms with van der Waals surface area (Å²) < 4.78 is 26.2. The standard InChI is InChI=1S/C37H65O9P/c1-4-5-6-7-17-22-27-34(38)28-23-18-13-9-11-14-19-24-29-36(39)44-31-35(32-45-47(41,42)43)46-37(40)30-25-20-15-10-8-12-16-21-26-33(2)3/h11,13-14,17-18,22-23,28,33-35,38H,4-10,12,15-16,19-21,24-27,29-32H2,1-3H3,(H2,41,42,43)/b14-11-,18-13-,22-17-,28-23+/t34-,35-/m1/s1. The molecule has 10 heteroatoms. The number of aliphatic hydroxyl groups excluding tert-OH is 1. The Kier molecular flexibility index (Phi) is 29.9. The number of unbranched alkanes of at least 4 members (excludes halogenated alkanes) is 11. The second-order valence-electron chi connectivity index (χ2n) is 12.5. The van der Waals surface area contributed by atoms with Crippen LogP contribution in [0.1, 0.15) is 143 Å². The maximum absolute atomic E-state index is 12.3. The van der Waals surface area contributed by atoms with Crippen LogP contribution in [-0.2, 0) is 28.2 Å². The fourth-order valence-corrected chi connectivity index (χ4v) is 4.99. The average Bonchev–Trinajstić information content (AvgIpc) is 3.01. The molecule has 0 amide bonds. The van der Waals surface area contributed by atoms with Gasteiger partial charge in [-0.05, 0) is 50.9 Å². The van der Waals surface area contributed by atoms with Crippen LogP contribution in [0.3, 0.4) is 0 Å². The molecule has 0 unspecified atom stereocenters. The number of aliphatic hydroxyl groups is 1. The van der Waals surface area contributed by atoms with E-state index in [1.807, 2.05) is 36.5 Å². The van der Waals surface area contributed by atoms with Crippen LogP contribution in [0, 0.1) is 5.92 Å². The Morgan fingerprint density at radius 1 is 0.723 bits per heavy atom. The molecule has 0 bridgehead atoms. The summed E-state index contributed by atoms with van der Waals surface area (Å²) in [6, 6.07) is 0. The van der Waals surface area contributed by atoms with Gasteiger partial charge < -0.3 is 24.4 Å². The molecule has 0 aliphatic heterocycles. The average molecular weight is 685 g/mol. The molecule has 0 aromatic carbocycles. The van der Waals surface area contributed by atoms with E-state index in [2.05, 4.69) is 31.4 Å². The van der Waals surface area contributed by atoms with E-state index < -0.39 is 38.6 Å². The van der Waals surface area contributed by atoms with Crippen molar-refractivity contribution in [3.63, 3.8) is 0 Å². The van der Waals surface area contributed by atoms with Crippen molar-refractivity contribution in [2.45, 2.75) is 155 Å². The summed E-state index contributed by atoms with van der Waals surface area (Å²) in [4.78, 5) is 42.6. The Morgan fingerprint density at radius 3 is 2.04 bits per heavy atom. The normalized spacial score (nSPS) is 13.9. The summed E-state index contributed by atoms with van der Waals surface area (Å²) in [5.74, 6) is -0.236. The van der Waals surface area contributed by atoms with Gasteiger partial charge in [-0.15, -0.1) is 0 Å². The maximum Gasteiger partial charge on any atom is 0.469 e. The van der Waals surface area contributed by atoms with Crippen LogP contribution >= 0.6 is 7.82 Å². The number of hydrogen-bond donors (Lipinski definition) is 3. The highest BCUT2D eigenvalue weighted by Crippen LogP contribution is 2.36. The molecule has 0 saturated heterocycles. The molecule has 3 N–H and O–H groups in total. The largest absolute Gasteiger partial charge is 0.469 e. The number of ether oxygens (including phenoxy) is 2. The molecule has 0 aliphatic carbocycles. The Labute approximate surface area is 285 Å². The van der Waals surface area contributed by atoms with Crippen LogP contribution < -0.4 is 0 Å². The molecule has 0 radical (unpaired) electrons. The zero-order valence-electron chi connectivity index (χ0n) is 29.4. The first-order valence-electron chi connectivity index (χ1n) is 17.9. The van der Waals surface area contributed by atoms with Crippen LogP contribution in [0.4, 0.5) is 0 Å². The second-order valence-corrected chi connectivity index (χ2v) is 13.8. The topological polar surface area (TPSA) is 140 Å². The molecule has 9 nitrogen and oxygen atoms in total. The number of phosphoric ester groups is 1. The van der Waals surface area contributed by atoms with Crippen molar-refractivity contribution in [3.8, 4) is 0 Å². The van der Waals surface area contributed by atoms with E-state index in [0.717, 1.165) is 38.0 Å². The number of carbonyl (C=O) groups excluding carboxylic acids is 2. The van der Waals surface area contributed by atoms with Crippen LogP contribution in [-0.4, -0.2) is 52.3 Å². The number of allylic oxidation sites excluding steroid dienone is 6. The summed E-state index contributed by atoms with van der Waals surface area (Å²) in [5.41, 5.74) is 0. The number of esters is 2. The van der Waals surface area contributed by atoms with Crippen LogP contribution in [0.2, 0.25) is 0 Å². The zero-order valence-corrected chi connectivity index (χ0v) is 30.3. The molecular formula is C37H65O9P. The fourth-order valence-electron chi connectivity index (χ4n) is 4.63. The molecule has 0 aromatic heterocycles. The molecule has 0 spiro atoms. The molecule has 0 fully saturated rings. The third kappa shape index (κ3) is 35.1. The smallest absolute Gasteiger partial charge is 0.462 e. The van der Waals surface area contributed by atoms with Gasteiger partial charge in [-0.3, -0.25) is 14.1 Å². The highest BCUT2D eigenvalue weighted by molar-refractivity contribution is 7.46. The van der Waals surface area contributed by atoms with Crippen LogP contribution in [0.15, 0.2) is 48.6 Å². The van der Waals surface area contributed by atoms with Gasteiger partial charge in [0, 0.05) is 12.8 Å². The molecule has 0 aliphatic rings. The van der Waals surface area contributed by atoms with Gasteiger partial charge in [0.1, 0.15) is 6.61 Å². The van der Waals surface area contributed by atoms with Gasteiger partial charge in [-0.2, -0.15) is 0 Å². The van der Waals surface area contributed by atoms with Crippen molar-refractivity contribution in [1.82, 2.24) is 0 Å². The lowest BCUT2D eigenvalue weighted by molar-refractivity contribution is -0.161. The van der Waals surface area contributed by atoms with E-state index in [-0.39, 0.29) is 19.4 Å². The van der Waals surface area contributed by atoms with Crippen LogP contribution in [0.25, 0.3) is 0 Å². The maximum atomic E-state index is 12.3. The van der Waals surface area contributed by atoms with Gasteiger partial charge >= 0.3 is 19.8 Å². The van der Waals surface area contributed by atoms with E-state index in [1.165, 1.54) is 51.4 Å². The first-order valence-corrected chi connectivity index (χ1v) is 19.4. The van der Waals surface area contributed by atoms with Gasteiger partial charge in [-0.1, -0.05) is 134 Å². The number of phosphoric acid groups is 1. The molecule has 47 heavy (non-hydrogen) atoms. The molecule has 0 rings (SSSR count). The van der Waals surface area contributed by atoms with Crippen molar-refractivity contribution >= 4 is 19.8 Å². The quantitative estimate of drug-likeness (QED) is 0.0214. The summed E-state index contributed by atoms with van der Waals surface area (Å²) in [6.07, 6.45) is 31.7. The van der Waals surface area contributed by atoms with E-state index in [4.69, 9.17) is 19.3 Å². The predicted octanol–water partition coefficient (Wildman–Crippen LogP) is 9.22. The Bertz CT molecular complexity index is 936. The molecule has 0 heterocycles. The van der Waals surface area contributed by atoms with Gasteiger partial charge in [-0.25, -0.2) is 4.57 Å². The van der Waals surface area contributed by atoms with Gasteiger partial charge in [0.2, 0.25) is 0 Å². The van der Waals surface area contributed by atoms with Crippen molar-refractivity contribution in [1.29, 1.82) is 0 Å². The Hall–Kier alpha value is -2.03. The van der Waals surface area contributed by atoms with E-state index in [9.17, 15) is 19.3 Å². The minimum atomic E-state index is -4.77. The summed E-state index contributed by atoms with van der Waals surface area (Å²) in [7, 11) is -4.77. The molecule has 272 valence electrons. The van der Waals surface area contributed by atoms with Gasteiger partial charge in [0.15, 0.2) is 6.10 Å². The Morgan fingerprint density at radius 2 is 1.36 bits per heavy atom. The van der Waals surface area contributed by atoms with Crippen molar-refractivity contribution in [2.75, 3.05) is 13.2 Å². The first-order chi connectivity index (χ1) is 22.5. The lowest BCUT2D eigenvalue weighted by atomic mass is 10.0. The number of carbonyl (C=O) groups is 2. The van der Waals surface area contributed by atoms with Crippen molar-refractivity contribution in [3.05, 3.63) is 48.6 Å². The third-order valence-electron chi connectivity index (χ3n) is 7.36. The Balaban J connectivity index is 4.18. The summed E-state index contributed by atoms with van der Waals surface area (Å²) in [5, 5.41) is 9.97. The highest BCUT2D eigenvalue weighted by atomic mass is 31.2. The summed E-state index contributed by atoms with van der Waals surface area (Å²) >= 11 is 0. The van der Waals surface area contributed by atoms with Crippen LogP contribution in [0.5, 0.6) is 0 Å². The van der Waals surface area contributed by atoms with E-state index in [1.54, 1.807) is 6.08 Å². The van der Waals surface area contributed by atoms with Crippen molar-refractivity contribution in [2.24, 2.45) is 5.92 Å². The minimum absolute atomic E-state index is 0.158. The lowest BCUT2D eigenvalue weighted by Crippen LogP contribution is -2.29. The monoisotopic (exact) mass is 684 g/mol. The van der Waals surface area contributed by atoms with E-state index in [0.29, 0.717) is 25.7 Å². The van der Waals surface area contributed by atoms with Gasteiger partial charge in [0.05, 0.1) is 12.7 Å². The van der Waals surface area contributed by atoms with Crippen molar-refractivity contribution < 1.29 is 43.0 Å². The number of hydrogen-bond acceptors (Lipinski definition) is 7. The summed E-state index contributed by atoms with van der Waals surface area (Å²) in [6.45, 7) is 5.77. The van der Waals surface area contributed by atoms with Gasteiger partial charge in [0.25, 0.3) is 0 Å².